The lowest BCUT2D eigenvalue weighted by Gasteiger charge is -2.42. The fourth-order valence-corrected chi connectivity index (χ4v) is 2.02. The molecule has 0 bridgehead atoms. The van der Waals surface area contributed by atoms with Gasteiger partial charge in [0.25, 0.3) is 0 Å². The highest BCUT2D eigenvalue weighted by atomic mass is 16.4. The Balaban J connectivity index is 2.38. The Morgan fingerprint density at radius 1 is 1.40 bits per heavy atom. The Bertz CT molecular complexity index is 219. The summed E-state index contributed by atoms with van der Waals surface area (Å²) in [6.07, 6.45) is 0.639. The summed E-state index contributed by atoms with van der Waals surface area (Å²) >= 11 is 0. The first-order valence-electron chi connectivity index (χ1n) is 5.45. The van der Waals surface area contributed by atoms with E-state index in [0.29, 0.717) is 24.3 Å². The lowest BCUT2D eigenvalue weighted by molar-refractivity contribution is 0.0617. The average molecular weight is 214 g/mol. The number of hydrogen-bond acceptors (Lipinski definition) is 4. The molecule has 15 heavy (non-hydrogen) atoms. The van der Waals surface area contributed by atoms with E-state index in [1.807, 2.05) is 0 Å². The minimum absolute atomic E-state index is 0.314. The van der Waals surface area contributed by atoms with E-state index in [1.165, 1.54) is 0 Å². The zero-order valence-corrected chi connectivity index (χ0v) is 9.85. The molecule has 0 aromatic heterocycles. The largest absolute Gasteiger partial charge is 0.409 e. The minimum Gasteiger partial charge on any atom is -0.409 e. The Morgan fingerprint density at radius 2 is 1.93 bits per heavy atom. The van der Waals surface area contributed by atoms with E-state index in [9.17, 15) is 0 Å². The Hall–Kier alpha value is -0.810. The van der Waals surface area contributed by atoms with Gasteiger partial charge in [-0.25, -0.2) is 0 Å². The van der Waals surface area contributed by atoms with Crippen molar-refractivity contribution < 1.29 is 5.21 Å². The zero-order chi connectivity index (χ0) is 11.4. The SMILES string of the molecule is CC1CN(CCC(N)=NO)CC(C)N1C. The van der Waals surface area contributed by atoms with Crippen molar-refractivity contribution in [3.05, 3.63) is 0 Å². The van der Waals surface area contributed by atoms with Gasteiger partial charge in [-0.1, -0.05) is 5.16 Å². The fraction of sp³-hybridized carbons (Fsp3) is 0.900. The summed E-state index contributed by atoms with van der Waals surface area (Å²) in [6.45, 7) is 7.44. The van der Waals surface area contributed by atoms with E-state index in [-0.39, 0.29) is 0 Å². The van der Waals surface area contributed by atoms with Crippen LogP contribution in [0.3, 0.4) is 0 Å². The van der Waals surface area contributed by atoms with E-state index >= 15 is 0 Å². The van der Waals surface area contributed by atoms with Crippen LogP contribution in [0.5, 0.6) is 0 Å². The van der Waals surface area contributed by atoms with Gasteiger partial charge in [-0.15, -0.1) is 0 Å². The highest BCUT2D eigenvalue weighted by Gasteiger charge is 2.25. The van der Waals surface area contributed by atoms with E-state index in [2.05, 4.69) is 35.9 Å². The molecule has 2 atom stereocenters. The molecule has 5 nitrogen and oxygen atoms in total. The molecule has 1 aliphatic rings. The second-order valence-electron chi connectivity index (χ2n) is 4.46. The van der Waals surface area contributed by atoms with Crippen LogP contribution in [0.2, 0.25) is 0 Å². The minimum atomic E-state index is 0.314. The molecule has 1 aliphatic heterocycles. The number of amidine groups is 1. The highest BCUT2D eigenvalue weighted by molar-refractivity contribution is 5.79. The molecule has 2 unspecified atom stereocenters. The lowest BCUT2D eigenvalue weighted by Crippen LogP contribution is -2.55. The molecule has 88 valence electrons. The van der Waals surface area contributed by atoms with Crippen molar-refractivity contribution in [1.82, 2.24) is 9.80 Å². The van der Waals surface area contributed by atoms with Gasteiger partial charge >= 0.3 is 0 Å². The van der Waals surface area contributed by atoms with Crippen LogP contribution in [0.1, 0.15) is 20.3 Å². The van der Waals surface area contributed by atoms with Gasteiger partial charge in [-0.05, 0) is 20.9 Å². The smallest absolute Gasteiger partial charge is 0.140 e. The van der Waals surface area contributed by atoms with Crippen LogP contribution in [-0.2, 0) is 0 Å². The summed E-state index contributed by atoms with van der Waals surface area (Å²) in [5.74, 6) is 0.314. The molecule has 0 amide bonds. The van der Waals surface area contributed by atoms with Crippen LogP contribution < -0.4 is 5.73 Å². The van der Waals surface area contributed by atoms with E-state index < -0.39 is 0 Å². The zero-order valence-electron chi connectivity index (χ0n) is 9.85. The Morgan fingerprint density at radius 3 is 2.40 bits per heavy atom. The van der Waals surface area contributed by atoms with Gasteiger partial charge in [0.1, 0.15) is 5.84 Å². The van der Waals surface area contributed by atoms with Crippen LogP contribution in [-0.4, -0.2) is 59.6 Å². The number of oxime groups is 1. The standard InChI is InChI=1S/C10H22N4O/c1-8-6-14(5-4-10(11)12-15)7-9(2)13(8)3/h8-9,15H,4-7H2,1-3H3,(H2,11,12). The van der Waals surface area contributed by atoms with Crippen molar-refractivity contribution >= 4 is 5.84 Å². The molecule has 1 saturated heterocycles. The normalized spacial score (nSPS) is 30.7. The van der Waals surface area contributed by atoms with Crippen LogP contribution in [0.15, 0.2) is 5.16 Å². The first-order chi connectivity index (χ1) is 7.04. The van der Waals surface area contributed by atoms with Crippen molar-refractivity contribution in [3.63, 3.8) is 0 Å². The van der Waals surface area contributed by atoms with Gasteiger partial charge in [-0.3, -0.25) is 9.80 Å². The molecular formula is C10H22N4O. The number of hydrogen-bond donors (Lipinski definition) is 2. The molecule has 0 radical (unpaired) electrons. The van der Waals surface area contributed by atoms with Crippen LogP contribution in [0, 0.1) is 0 Å². The Kier molecular flexibility index (Phi) is 4.35. The lowest BCUT2D eigenvalue weighted by atomic mass is 10.1. The van der Waals surface area contributed by atoms with Crippen LogP contribution in [0.25, 0.3) is 0 Å². The second kappa shape index (κ2) is 5.32. The van der Waals surface area contributed by atoms with Crippen molar-refractivity contribution in [2.45, 2.75) is 32.4 Å². The summed E-state index contributed by atoms with van der Waals surface area (Å²) in [7, 11) is 2.16. The summed E-state index contributed by atoms with van der Waals surface area (Å²) in [5.41, 5.74) is 5.45. The van der Waals surface area contributed by atoms with Gasteiger partial charge in [0.2, 0.25) is 0 Å². The number of likely N-dealkylation sites (N-methyl/N-ethyl adjacent to an activating group) is 1. The molecule has 0 aliphatic carbocycles. The summed E-state index contributed by atoms with van der Waals surface area (Å²) in [6, 6.07) is 1.14. The third-order valence-electron chi connectivity index (χ3n) is 3.25. The summed E-state index contributed by atoms with van der Waals surface area (Å²) in [4.78, 5) is 4.76. The molecular weight excluding hydrogens is 192 g/mol. The Labute approximate surface area is 91.5 Å². The average Bonchev–Trinajstić information content (AvgIpc) is 2.22. The third-order valence-corrected chi connectivity index (χ3v) is 3.25. The first-order valence-corrected chi connectivity index (χ1v) is 5.45. The van der Waals surface area contributed by atoms with Crippen molar-refractivity contribution in [1.29, 1.82) is 0 Å². The predicted molar refractivity (Wildman–Crippen MR) is 61.2 cm³/mol. The van der Waals surface area contributed by atoms with Crippen LogP contribution in [0.4, 0.5) is 0 Å². The number of rotatable bonds is 3. The first kappa shape index (κ1) is 12.3. The van der Waals surface area contributed by atoms with Gasteiger partial charge in [0.05, 0.1) is 0 Å². The van der Waals surface area contributed by atoms with Gasteiger partial charge in [0, 0.05) is 38.1 Å². The second-order valence-corrected chi connectivity index (χ2v) is 4.46. The van der Waals surface area contributed by atoms with Crippen molar-refractivity contribution in [2.24, 2.45) is 10.9 Å². The molecule has 0 spiro atoms. The maximum atomic E-state index is 8.45. The molecule has 1 rings (SSSR count). The molecule has 0 aromatic rings. The van der Waals surface area contributed by atoms with Gasteiger partial charge < -0.3 is 10.9 Å². The quantitative estimate of drug-likeness (QED) is 0.304. The van der Waals surface area contributed by atoms with Gasteiger partial charge in [-0.2, -0.15) is 0 Å². The number of piperazine rings is 1. The predicted octanol–water partition coefficient (Wildman–Crippen LogP) is 0.147. The maximum Gasteiger partial charge on any atom is 0.140 e. The fourth-order valence-electron chi connectivity index (χ4n) is 2.02. The topological polar surface area (TPSA) is 65.1 Å². The third kappa shape index (κ3) is 3.35. The molecule has 0 saturated carbocycles. The number of nitrogens with two attached hydrogens (primary N) is 1. The molecule has 1 fully saturated rings. The van der Waals surface area contributed by atoms with Crippen molar-refractivity contribution in [3.8, 4) is 0 Å². The highest BCUT2D eigenvalue weighted by Crippen LogP contribution is 2.13. The molecule has 1 heterocycles. The van der Waals surface area contributed by atoms with E-state index in [1.54, 1.807) is 0 Å². The maximum absolute atomic E-state index is 8.45. The molecule has 0 aromatic carbocycles. The van der Waals surface area contributed by atoms with Crippen LogP contribution >= 0.6 is 0 Å². The van der Waals surface area contributed by atoms with E-state index in [4.69, 9.17) is 10.9 Å². The van der Waals surface area contributed by atoms with Gasteiger partial charge in [0.15, 0.2) is 0 Å². The summed E-state index contributed by atoms with van der Waals surface area (Å²) < 4.78 is 0. The molecule has 5 heteroatoms. The molecule has 3 N–H and O–H groups in total. The number of nitrogens with zero attached hydrogens (tertiary/aromatic N) is 3. The monoisotopic (exact) mass is 214 g/mol. The summed E-state index contributed by atoms with van der Waals surface area (Å²) in [5, 5.41) is 11.4. The van der Waals surface area contributed by atoms with E-state index in [0.717, 1.165) is 19.6 Å². The van der Waals surface area contributed by atoms with Crippen molar-refractivity contribution in [2.75, 3.05) is 26.7 Å².